The van der Waals surface area contributed by atoms with Gasteiger partial charge in [0.15, 0.2) is 0 Å². The van der Waals surface area contributed by atoms with Crippen molar-refractivity contribution in [1.29, 1.82) is 0 Å². The number of nitrogens with two attached hydrogens (primary N) is 1. The number of hydrogen-bond donors (Lipinski definition) is 3. The molecule has 0 amide bonds. The molecule has 0 spiro atoms. The summed E-state index contributed by atoms with van der Waals surface area (Å²) in [5.41, 5.74) is 8.62. The zero-order valence-electron chi connectivity index (χ0n) is 11.3. The lowest BCUT2D eigenvalue weighted by Crippen LogP contribution is -2.02. The fourth-order valence-corrected chi connectivity index (χ4v) is 1.54. The summed E-state index contributed by atoms with van der Waals surface area (Å²) in [4.78, 5) is 0. The van der Waals surface area contributed by atoms with E-state index in [9.17, 15) is 0 Å². The zero-order valence-corrected chi connectivity index (χ0v) is 11.3. The molecule has 0 aliphatic rings. The molecule has 0 atom stereocenters. The van der Waals surface area contributed by atoms with Gasteiger partial charge in [0.05, 0.1) is 0 Å². The third kappa shape index (κ3) is 7.11. The maximum atomic E-state index is 8.50. The Bertz CT molecular complexity index is 440. The summed E-state index contributed by atoms with van der Waals surface area (Å²) in [5, 5.41) is 11.7. The highest BCUT2D eigenvalue weighted by Crippen LogP contribution is 2.04. The maximum Gasteiger partial charge on any atom is 0.0447 e. The Morgan fingerprint density at radius 3 is 2.32 bits per heavy atom. The molecule has 0 aliphatic carbocycles. The average molecular weight is 258 g/mol. The summed E-state index contributed by atoms with van der Waals surface area (Å²) in [6.45, 7) is 3.11. The van der Waals surface area contributed by atoms with E-state index in [0.29, 0.717) is 0 Å². The molecular weight excluding hydrogens is 236 g/mol. The molecule has 3 nitrogen and oxygen atoms in total. The summed E-state index contributed by atoms with van der Waals surface area (Å²) in [6, 6.07) is 17.8. The first-order valence-electron chi connectivity index (χ1n) is 6.44. The number of para-hydroxylation sites is 1. The van der Waals surface area contributed by atoms with Crippen LogP contribution in [0.4, 0.5) is 11.4 Å². The minimum absolute atomic E-state index is 0.250. The Kier molecular flexibility index (Phi) is 7.13. The van der Waals surface area contributed by atoms with Crippen LogP contribution in [0.25, 0.3) is 0 Å². The highest BCUT2D eigenvalue weighted by molar-refractivity contribution is 5.42. The van der Waals surface area contributed by atoms with Crippen molar-refractivity contribution in [3.05, 3.63) is 60.2 Å². The van der Waals surface area contributed by atoms with Gasteiger partial charge in [0, 0.05) is 24.5 Å². The van der Waals surface area contributed by atoms with E-state index in [0.717, 1.165) is 24.3 Å². The highest BCUT2D eigenvalue weighted by Gasteiger charge is 1.86. The number of hydrogen-bond acceptors (Lipinski definition) is 3. The fourth-order valence-electron chi connectivity index (χ4n) is 1.54. The molecule has 0 saturated heterocycles. The van der Waals surface area contributed by atoms with Crippen LogP contribution in [-0.4, -0.2) is 18.3 Å². The predicted molar refractivity (Wildman–Crippen MR) is 82.2 cm³/mol. The largest absolute Gasteiger partial charge is 0.399 e. The minimum atomic E-state index is 0.250. The molecule has 4 N–H and O–H groups in total. The summed E-state index contributed by atoms with van der Waals surface area (Å²) in [7, 11) is 0. The monoisotopic (exact) mass is 258 g/mol. The highest BCUT2D eigenvalue weighted by atomic mass is 16.3. The Balaban J connectivity index is 0.000000200. The van der Waals surface area contributed by atoms with Gasteiger partial charge in [-0.1, -0.05) is 30.3 Å². The first kappa shape index (κ1) is 15.1. The molecule has 3 heteroatoms. The van der Waals surface area contributed by atoms with Crippen molar-refractivity contribution in [1.82, 2.24) is 0 Å². The molecule has 19 heavy (non-hydrogen) atoms. The number of benzene rings is 2. The second-order valence-electron chi connectivity index (χ2n) is 4.28. The van der Waals surface area contributed by atoms with Crippen LogP contribution < -0.4 is 11.1 Å². The Morgan fingerprint density at radius 2 is 1.79 bits per heavy atom. The SMILES string of the molecule is Cc1cccc(N)c1.OCCCNc1ccccc1. The molecule has 0 saturated carbocycles. The van der Waals surface area contributed by atoms with E-state index < -0.39 is 0 Å². The lowest BCUT2D eigenvalue weighted by atomic mass is 10.2. The van der Waals surface area contributed by atoms with Crippen LogP contribution in [0.1, 0.15) is 12.0 Å². The number of nitrogens with one attached hydrogen (secondary N) is 1. The molecule has 2 rings (SSSR count). The normalized spacial score (nSPS) is 9.37. The van der Waals surface area contributed by atoms with Crippen molar-refractivity contribution in [2.75, 3.05) is 24.2 Å². The van der Waals surface area contributed by atoms with E-state index in [1.54, 1.807) is 0 Å². The standard InChI is InChI=1S/C9H13NO.C7H9N/c11-8-4-7-10-9-5-2-1-3-6-9;1-6-3-2-4-7(8)5-6/h1-3,5-6,10-11H,4,7-8H2;2-5H,8H2,1H3. The molecule has 102 valence electrons. The third-order valence-electron chi connectivity index (χ3n) is 2.48. The van der Waals surface area contributed by atoms with Gasteiger partial charge in [0.25, 0.3) is 0 Å². The average Bonchev–Trinajstić information content (AvgIpc) is 2.41. The molecule has 0 unspecified atom stereocenters. The number of aliphatic hydroxyl groups is 1. The Morgan fingerprint density at radius 1 is 1.05 bits per heavy atom. The second-order valence-corrected chi connectivity index (χ2v) is 4.28. The molecule has 0 fully saturated rings. The van der Waals surface area contributed by atoms with E-state index in [2.05, 4.69) is 5.32 Å². The fraction of sp³-hybridized carbons (Fsp3) is 0.250. The van der Waals surface area contributed by atoms with Gasteiger partial charge in [-0.15, -0.1) is 0 Å². The molecule has 0 aliphatic heterocycles. The maximum absolute atomic E-state index is 8.50. The van der Waals surface area contributed by atoms with Crippen molar-refractivity contribution >= 4 is 11.4 Å². The summed E-state index contributed by atoms with van der Waals surface area (Å²) in [6.07, 6.45) is 0.800. The molecular formula is C16H22N2O. The second kappa shape index (κ2) is 9.00. The molecule has 2 aromatic carbocycles. The van der Waals surface area contributed by atoms with E-state index in [4.69, 9.17) is 10.8 Å². The minimum Gasteiger partial charge on any atom is -0.399 e. The summed E-state index contributed by atoms with van der Waals surface area (Å²) in [5.74, 6) is 0. The van der Waals surface area contributed by atoms with Crippen molar-refractivity contribution in [3.63, 3.8) is 0 Å². The van der Waals surface area contributed by atoms with Crippen LogP contribution in [0.3, 0.4) is 0 Å². The first-order chi connectivity index (χ1) is 9.22. The van der Waals surface area contributed by atoms with E-state index >= 15 is 0 Å². The van der Waals surface area contributed by atoms with Crippen LogP contribution in [0.5, 0.6) is 0 Å². The van der Waals surface area contributed by atoms with Crippen LogP contribution >= 0.6 is 0 Å². The van der Waals surface area contributed by atoms with Gasteiger partial charge in [0.1, 0.15) is 0 Å². The van der Waals surface area contributed by atoms with Gasteiger partial charge >= 0.3 is 0 Å². The van der Waals surface area contributed by atoms with Crippen LogP contribution in [0.2, 0.25) is 0 Å². The topological polar surface area (TPSA) is 58.3 Å². The lowest BCUT2D eigenvalue weighted by Gasteiger charge is -2.03. The van der Waals surface area contributed by atoms with Gasteiger partial charge in [-0.3, -0.25) is 0 Å². The Hall–Kier alpha value is -2.00. The number of aliphatic hydroxyl groups excluding tert-OH is 1. The van der Waals surface area contributed by atoms with Gasteiger partial charge in [-0.25, -0.2) is 0 Å². The molecule has 0 heterocycles. The first-order valence-corrected chi connectivity index (χ1v) is 6.44. The number of nitrogen functional groups attached to an aromatic ring is 1. The predicted octanol–water partition coefficient (Wildman–Crippen LogP) is 3.06. The smallest absolute Gasteiger partial charge is 0.0447 e. The summed E-state index contributed by atoms with van der Waals surface area (Å²) >= 11 is 0. The number of anilines is 2. The van der Waals surface area contributed by atoms with Gasteiger partial charge in [-0.2, -0.15) is 0 Å². The molecule has 2 aromatic rings. The zero-order chi connectivity index (χ0) is 13.9. The van der Waals surface area contributed by atoms with Crippen LogP contribution in [0.15, 0.2) is 54.6 Å². The third-order valence-corrected chi connectivity index (χ3v) is 2.48. The van der Waals surface area contributed by atoms with Gasteiger partial charge in [-0.05, 0) is 43.2 Å². The van der Waals surface area contributed by atoms with E-state index in [1.807, 2.05) is 61.5 Å². The van der Waals surface area contributed by atoms with Crippen molar-refractivity contribution in [2.24, 2.45) is 0 Å². The quantitative estimate of drug-likeness (QED) is 0.583. The van der Waals surface area contributed by atoms with Crippen LogP contribution in [-0.2, 0) is 0 Å². The lowest BCUT2D eigenvalue weighted by molar-refractivity contribution is 0.292. The van der Waals surface area contributed by atoms with Crippen molar-refractivity contribution in [3.8, 4) is 0 Å². The number of rotatable bonds is 4. The van der Waals surface area contributed by atoms with E-state index in [1.165, 1.54) is 5.56 Å². The van der Waals surface area contributed by atoms with Crippen LogP contribution in [0, 0.1) is 6.92 Å². The summed E-state index contributed by atoms with van der Waals surface area (Å²) < 4.78 is 0. The van der Waals surface area contributed by atoms with Gasteiger partial charge in [0.2, 0.25) is 0 Å². The molecule has 0 aromatic heterocycles. The van der Waals surface area contributed by atoms with Crippen molar-refractivity contribution < 1.29 is 5.11 Å². The Labute approximate surface area is 115 Å². The molecule has 0 radical (unpaired) electrons. The number of aryl methyl sites for hydroxylation is 1. The van der Waals surface area contributed by atoms with Crippen molar-refractivity contribution in [2.45, 2.75) is 13.3 Å². The van der Waals surface area contributed by atoms with Gasteiger partial charge < -0.3 is 16.2 Å². The van der Waals surface area contributed by atoms with E-state index in [-0.39, 0.29) is 6.61 Å². The molecule has 0 bridgehead atoms.